The molecule has 0 amide bonds. The normalized spacial score (nSPS) is 29.2. The van der Waals surface area contributed by atoms with Gasteiger partial charge in [0.15, 0.2) is 0 Å². The summed E-state index contributed by atoms with van der Waals surface area (Å²) in [4.78, 5) is 5.38. The molecule has 0 aliphatic heterocycles. The van der Waals surface area contributed by atoms with Gasteiger partial charge in [0.25, 0.3) is 0 Å². The smallest absolute Gasteiger partial charge is 0.118 e. The Morgan fingerprint density at radius 3 is 2.29 bits per heavy atom. The minimum Gasteiger partial charge on any atom is -0.497 e. The minimum atomic E-state index is -1.33. The molecule has 2 N–H and O–H groups in total. The number of benzene rings is 1. The molecule has 0 saturated heterocycles. The Labute approximate surface area is 137 Å². The molecule has 2 rings (SSSR count). The van der Waals surface area contributed by atoms with E-state index in [4.69, 9.17) is 20.5 Å². The molecular weight excluding hydrogens is 316 g/mol. The van der Waals surface area contributed by atoms with Gasteiger partial charge < -0.3 is 19.7 Å². The predicted molar refractivity (Wildman–Crippen MR) is 84.1 cm³/mol. The monoisotopic (exact) mass is 334 g/mol. The molecule has 24 heavy (non-hydrogen) atoms. The Morgan fingerprint density at radius 1 is 1.08 bits per heavy atom. The molecule has 128 valence electrons. The van der Waals surface area contributed by atoms with Crippen LogP contribution in [0.1, 0.15) is 12.0 Å². The van der Waals surface area contributed by atoms with Gasteiger partial charge in [-0.15, -0.1) is 0 Å². The summed E-state index contributed by atoms with van der Waals surface area (Å²) >= 11 is 0. The van der Waals surface area contributed by atoms with Gasteiger partial charge >= 0.3 is 0 Å². The molecule has 0 unspecified atom stereocenters. The standard InChI is InChI=1S/C14H18N6O4/c1-23-9-4-2-8(3-5-9)7-24-14-11(18-20-16)6-10(17-19-15)12(21)13(14)22/h2-5,10-14,21-22H,6-7H2,1H3/t10-,11+,12+,13-,14-/m1/s1. The largest absolute Gasteiger partial charge is 0.497 e. The first-order chi connectivity index (χ1) is 11.6. The van der Waals surface area contributed by atoms with Crippen LogP contribution in [0, 0.1) is 0 Å². The van der Waals surface area contributed by atoms with Crippen LogP contribution in [0.5, 0.6) is 5.75 Å². The van der Waals surface area contributed by atoms with Crippen LogP contribution in [-0.4, -0.2) is 47.7 Å². The molecule has 0 bridgehead atoms. The van der Waals surface area contributed by atoms with E-state index in [2.05, 4.69) is 20.1 Å². The van der Waals surface area contributed by atoms with Crippen molar-refractivity contribution in [3.8, 4) is 5.75 Å². The summed E-state index contributed by atoms with van der Waals surface area (Å²) in [5.74, 6) is 0.705. The molecule has 5 atom stereocenters. The Kier molecular flexibility index (Phi) is 6.25. The van der Waals surface area contributed by atoms with Crippen LogP contribution >= 0.6 is 0 Å². The molecule has 1 fully saturated rings. The van der Waals surface area contributed by atoms with Crippen molar-refractivity contribution in [3.05, 3.63) is 50.7 Å². The van der Waals surface area contributed by atoms with Crippen molar-refractivity contribution in [1.29, 1.82) is 0 Å². The molecule has 10 nitrogen and oxygen atoms in total. The van der Waals surface area contributed by atoms with E-state index < -0.39 is 30.4 Å². The molecule has 0 spiro atoms. The summed E-state index contributed by atoms with van der Waals surface area (Å²) in [6.45, 7) is 0.155. The average molecular weight is 334 g/mol. The number of hydrogen-bond acceptors (Lipinski definition) is 6. The van der Waals surface area contributed by atoms with Gasteiger partial charge in [0.2, 0.25) is 0 Å². The maximum absolute atomic E-state index is 10.2. The first-order valence-electron chi connectivity index (χ1n) is 7.29. The van der Waals surface area contributed by atoms with Crippen LogP contribution < -0.4 is 4.74 Å². The SMILES string of the molecule is COc1ccc(CO[C@H]2[C@H](O)[C@@H](O)[C@H](N=[N+]=[N-])C[C@@H]2N=[N+]=[N-])cc1. The second kappa shape index (κ2) is 8.39. The number of azide groups is 2. The van der Waals surface area contributed by atoms with Crippen LogP contribution in [0.15, 0.2) is 34.5 Å². The van der Waals surface area contributed by atoms with Gasteiger partial charge in [0.05, 0.1) is 38.0 Å². The number of aliphatic hydroxyl groups excluding tert-OH is 2. The number of methoxy groups -OCH3 is 1. The van der Waals surface area contributed by atoms with Gasteiger partial charge in [-0.25, -0.2) is 0 Å². The van der Waals surface area contributed by atoms with E-state index in [1.54, 1.807) is 31.4 Å². The zero-order valence-corrected chi connectivity index (χ0v) is 13.0. The van der Waals surface area contributed by atoms with Gasteiger partial charge in [0.1, 0.15) is 11.9 Å². The van der Waals surface area contributed by atoms with Gasteiger partial charge in [-0.3, -0.25) is 0 Å². The molecule has 1 saturated carbocycles. The number of rotatable bonds is 6. The van der Waals surface area contributed by atoms with Crippen LogP contribution in [0.2, 0.25) is 0 Å². The zero-order chi connectivity index (χ0) is 17.5. The van der Waals surface area contributed by atoms with Gasteiger partial charge in [-0.2, -0.15) is 0 Å². The minimum absolute atomic E-state index is 0.0969. The second-order valence-corrected chi connectivity index (χ2v) is 5.39. The van der Waals surface area contributed by atoms with Crippen molar-refractivity contribution >= 4 is 0 Å². The van der Waals surface area contributed by atoms with Crippen LogP contribution in [0.4, 0.5) is 0 Å². The Hall–Kier alpha value is -2.48. The fraction of sp³-hybridized carbons (Fsp3) is 0.571. The van der Waals surface area contributed by atoms with E-state index in [1.165, 1.54) is 0 Å². The lowest BCUT2D eigenvalue weighted by Gasteiger charge is -2.39. The third-order valence-corrected chi connectivity index (χ3v) is 3.94. The molecule has 1 aliphatic carbocycles. The van der Waals surface area contributed by atoms with E-state index in [0.717, 1.165) is 5.56 Å². The van der Waals surface area contributed by atoms with Crippen molar-refractivity contribution < 1.29 is 19.7 Å². The summed E-state index contributed by atoms with van der Waals surface area (Å²) in [6.07, 6.45) is -3.42. The first kappa shape index (κ1) is 17.9. The summed E-state index contributed by atoms with van der Waals surface area (Å²) in [5.41, 5.74) is 18.0. The Bertz CT molecular complexity index is 641. The molecule has 0 radical (unpaired) electrons. The summed E-state index contributed by atoms with van der Waals surface area (Å²) < 4.78 is 10.7. The van der Waals surface area contributed by atoms with E-state index in [9.17, 15) is 10.2 Å². The highest BCUT2D eigenvalue weighted by Crippen LogP contribution is 2.28. The van der Waals surface area contributed by atoms with E-state index >= 15 is 0 Å². The van der Waals surface area contributed by atoms with Gasteiger partial charge in [-0.05, 0) is 35.2 Å². The fourth-order valence-corrected chi connectivity index (χ4v) is 2.66. The lowest BCUT2D eigenvalue weighted by Crippen LogP contribution is -2.55. The Morgan fingerprint density at radius 2 is 1.71 bits per heavy atom. The molecule has 0 aromatic heterocycles. The highest BCUT2D eigenvalue weighted by Gasteiger charge is 2.43. The number of aliphatic hydroxyl groups is 2. The number of nitrogens with zero attached hydrogens (tertiary/aromatic N) is 6. The Balaban J connectivity index is 2.10. The van der Waals surface area contributed by atoms with E-state index in [0.29, 0.717) is 5.75 Å². The van der Waals surface area contributed by atoms with Crippen molar-refractivity contribution in [2.24, 2.45) is 10.2 Å². The van der Waals surface area contributed by atoms with Crippen molar-refractivity contribution in [1.82, 2.24) is 0 Å². The molecule has 1 aromatic carbocycles. The maximum Gasteiger partial charge on any atom is 0.118 e. The quantitative estimate of drug-likeness (QED) is 0.463. The highest BCUT2D eigenvalue weighted by molar-refractivity contribution is 5.26. The lowest BCUT2D eigenvalue weighted by molar-refractivity contribution is -0.131. The van der Waals surface area contributed by atoms with Crippen LogP contribution in [0.3, 0.4) is 0 Å². The predicted octanol–water partition coefficient (Wildman–Crippen LogP) is 2.06. The summed E-state index contributed by atoms with van der Waals surface area (Å²) in [7, 11) is 1.57. The average Bonchev–Trinajstić information content (AvgIpc) is 2.60. The number of ether oxygens (including phenoxy) is 2. The van der Waals surface area contributed by atoms with Crippen LogP contribution in [-0.2, 0) is 11.3 Å². The number of hydrogen-bond donors (Lipinski definition) is 2. The third kappa shape index (κ3) is 4.08. The molecule has 10 heteroatoms. The van der Waals surface area contributed by atoms with Gasteiger partial charge in [0, 0.05) is 9.82 Å². The topological polar surface area (TPSA) is 156 Å². The zero-order valence-electron chi connectivity index (χ0n) is 13.0. The second-order valence-electron chi connectivity index (χ2n) is 5.39. The van der Waals surface area contributed by atoms with Crippen LogP contribution in [0.25, 0.3) is 20.9 Å². The van der Waals surface area contributed by atoms with Crippen molar-refractivity contribution in [2.75, 3.05) is 7.11 Å². The highest BCUT2D eigenvalue weighted by atomic mass is 16.5. The van der Waals surface area contributed by atoms with E-state index in [1.807, 2.05) is 0 Å². The van der Waals surface area contributed by atoms with Gasteiger partial charge in [-0.1, -0.05) is 22.4 Å². The lowest BCUT2D eigenvalue weighted by atomic mass is 9.84. The molecular formula is C14H18N6O4. The first-order valence-corrected chi connectivity index (χ1v) is 7.29. The fourth-order valence-electron chi connectivity index (χ4n) is 2.66. The summed E-state index contributed by atoms with van der Waals surface area (Å²) in [5, 5.41) is 27.3. The maximum atomic E-state index is 10.2. The van der Waals surface area contributed by atoms with Crippen molar-refractivity contribution in [2.45, 2.75) is 43.4 Å². The molecule has 1 aliphatic rings. The molecule has 0 heterocycles. The molecule has 1 aromatic rings. The summed E-state index contributed by atoms with van der Waals surface area (Å²) in [6, 6.07) is 5.52. The van der Waals surface area contributed by atoms with Crippen molar-refractivity contribution in [3.63, 3.8) is 0 Å². The van der Waals surface area contributed by atoms with E-state index in [-0.39, 0.29) is 13.0 Å². The third-order valence-electron chi connectivity index (χ3n) is 3.94.